The van der Waals surface area contributed by atoms with Crippen molar-refractivity contribution in [1.82, 2.24) is 10.6 Å². The van der Waals surface area contributed by atoms with Crippen molar-refractivity contribution in [3.8, 4) is 0 Å². The van der Waals surface area contributed by atoms with Crippen molar-refractivity contribution in [2.45, 2.75) is 57.4 Å². The van der Waals surface area contributed by atoms with Crippen molar-refractivity contribution < 1.29 is 14.0 Å². The standard InChI is InChI=1S/C21H28FN3O2/c1-13-2-3-18(17(22)6-13)24-19(26)4-5-23-20(27)25-21-10-14-7-15(11-21)9-16(8-14)12-21/h2-3,6,14-16H,4-5,7-12H2,1H3,(H,24,26)(H2,23,25,27). The van der Waals surface area contributed by atoms with Crippen LogP contribution in [-0.2, 0) is 4.79 Å². The molecular weight excluding hydrogens is 345 g/mol. The number of carbonyl (C=O) groups excluding carboxylic acids is 2. The SMILES string of the molecule is Cc1ccc(NC(=O)CCNC(=O)NC23CC4CC(CC(C4)C2)C3)c(F)c1. The number of rotatable bonds is 5. The summed E-state index contributed by atoms with van der Waals surface area (Å²) < 4.78 is 13.8. The molecular formula is C21H28FN3O2. The lowest BCUT2D eigenvalue weighted by atomic mass is 9.53. The first-order valence-corrected chi connectivity index (χ1v) is 10.0. The van der Waals surface area contributed by atoms with Crippen LogP contribution in [-0.4, -0.2) is 24.0 Å². The van der Waals surface area contributed by atoms with Gasteiger partial charge in [0.1, 0.15) is 5.82 Å². The first kappa shape index (κ1) is 18.3. The van der Waals surface area contributed by atoms with Gasteiger partial charge in [0.15, 0.2) is 0 Å². The van der Waals surface area contributed by atoms with Gasteiger partial charge in [0.05, 0.1) is 5.69 Å². The average Bonchev–Trinajstić information content (AvgIpc) is 2.55. The fourth-order valence-corrected chi connectivity index (χ4v) is 5.77. The zero-order valence-electron chi connectivity index (χ0n) is 15.8. The molecule has 0 atom stereocenters. The molecule has 1 aromatic carbocycles. The third-order valence-corrected chi connectivity index (χ3v) is 6.45. The fourth-order valence-electron chi connectivity index (χ4n) is 5.77. The Morgan fingerprint density at radius 1 is 1.11 bits per heavy atom. The molecule has 4 aliphatic carbocycles. The normalized spacial score (nSPS) is 30.8. The Labute approximate surface area is 159 Å². The molecule has 0 radical (unpaired) electrons. The third-order valence-electron chi connectivity index (χ3n) is 6.45. The van der Waals surface area contributed by atoms with Gasteiger partial charge in [-0.05, 0) is 80.9 Å². The van der Waals surface area contributed by atoms with Crippen LogP contribution in [0, 0.1) is 30.5 Å². The molecule has 5 nitrogen and oxygen atoms in total. The number of anilines is 1. The van der Waals surface area contributed by atoms with Crippen molar-refractivity contribution >= 4 is 17.6 Å². The summed E-state index contributed by atoms with van der Waals surface area (Å²) in [5.41, 5.74) is 0.934. The van der Waals surface area contributed by atoms with Crippen molar-refractivity contribution in [2.75, 3.05) is 11.9 Å². The fraction of sp³-hybridized carbons (Fsp3) is 0.619. The van der Waals surface area contributed by atoms with Crippen molar-refractivity contribution in [3.63, 3.8) is 0 Å². The van der Waals surface area contributed by atoms with Gasteiger partial charge < -0.3 is 16.0 Å². The van der Waals surface area contributed by atoms with E-state index in [-0.39, 0.29) is 36.1 Å². The lowest BCUT2D eigenvalue weighted by Gasteiger charge is -2.56. The van der Waals surface area contributed by atoms with Crippen LogP contribution in [0.1, 0.15) is 50.5 Å². The van der Waals surface area contributed by atoms with Crippen molar-refractivity contribution in [2.24, 2.45) is 17.8 Å². The minimum Gasteiger partial charge on any atom is -0.338 e. The zero-order valence-corrected chi connectivity index (χ0v) is 15.8. The van der Waals surface area contributed by atoms with E-state index in [1.165, 1.54) is 25.3 Å². The Kier molecular flexibility index (Phi) is 4.82. The maximum atomic E-state index is 13.8. The summed E-state index contributed by atoms with van der Waals surface area (Å²) in [6.07, 6.45) is 7.40. The van der Waals surface area contributed by atoms with Gasteiger partial charge in [0.25, 0.3) is 0 Å². The Hall–Kier alpha value is -2.11. The second kappa shape index (κ2) is 7.13. The Bertz CT molecular complexity index is 714. The summed E-state index contributed by atoms with van der Waals surface area (Å²) >= 11 is 0. The molecule has 4 saturated carbocycles. The first-order chi connectivity index (χ1) is 12.9. The molecule has 0 saturated heterocycles. The number of nitrogens with one attached hydrogen (secondary N) is 3. The van der Waals surface area contributed by atoms with Crippen molar-refractivity contribution in [3.05, 3.63) is 29.6 Å². The van der Waals surface area contributed by atoms with Crippen LogP contribution in [0.4, 0.5) is 14.9 Å². The molecule has 4 bridgehead atoms. The molecule has 0 aromatic heterocycles. The Morgan fingerprint density at radius 3 is 2.33 bits per heavy atom. The molecule has 4 aliphatic rings. The van der Waals surface area contributed by atoms with Gasteiger partial charge >= 0.3 is 6.03 Å². The van der Waals surface area contributed by atoms with Crippen LogP contribution < -0.4 is 16.0 Å². The van der Waals surface area contributed by atoms with E-state index in [4.69, 9.17) is 0 Å². The highest BCUT2D eigenvalue weighted by atomic mass is 19.1. The second-order valence-corrected chi connectivity index (χ2v) is 8.86. The number of amides is 3. The quantitative estimate of drug-likeness (QED) is 0.736. The lowest BCUT2D eigenvalue weighted by molar-refractivity contribution is -0.116. The molecule has 27 heavy (non-hydrogen) atoms. The van der Waals surface area contributed by atoms with E-state index in [1.54, 1.807) is 19.1 Å². The van der Waals surface area contributed by atoms with E-state index in [1.807, 2.05) is 0 Å². The smallest absolute Gasteiger partial charge is 0.315 e. The molecule has 5 rings (SSSR count). The third kappa shape index (κ3) is 4.09. The van der Waals surface area contributed by atoms with E-state index >= 15 is 0 Å². The first-order valence-electron chi connectivity index (χ1n) is 10.0. The number of hydrogen-bond donors (Lipinski definition) is 3. The van der Waals surface area contributed by atoms with Gasteiger partial charge in [-0.1, -0.05) is 6.07 Å². The van der Waals surface area contributed by atoms with Gasteiger partial charge in [-0.15, -0.1) is 0 Å². The maximum absolute atomic E-state index is 13.8. The number of hydrogen-bond acceptors (Lipinski definition) is 2. The Morgan fingerprint density at radius 2 is 1.74 bits per heavy atom. The van der Waals surface area contributed by atoms with Gasteiger partial charge in [-0.3, -0.25) is 4.79 Å². The van der Waals surface area contributed by atoms with E-state index < -0.39 is 5.82 Å². The number of benzene rings is 1. The monoisotopic (exact) mass is 373 g/mol. The Balaban J connectivity index is 1.22. The van der Waals surface area contributed by atoms with Crippen LogP contribution >= 0.6 is 0 Å². The second-order valence-electron chi connectivity index (χ2n) is 8.86. The molecule has 0 heterocycles. The summed E-state index contributed by atoms with van der Waals surface area (Å²) in [4.78, 5) is 24.3. The minimum atomic E-state index is -0.448. The molecule has 6 heteroatoms. The number of carbonyl (C=O) groups is 2. The molecule has 0 spiro atoms. The van der Waals surface area contributed by atoms with Crippen LogP contribution in [0.25, 0.3) is 0 Å². The highest BCUT2D eigenvalue weighted by molar-refractivity contribution is 5.91. The molecule has 0 aliphatic heterocycles. The maximum Gasteiger partial charge on any atom is 0.315 e. The molecule has 3 N–H and O–H groups in total. The summed E-state index contributed by atoms with van der Waals surface area (Å²) in [5, 5.41) is 8.57. The predicted octanol–water partition coefficient (Wildman–Crippen LogP) is 3.73. The van der Waals surface area contributed by atoms with Crippen LogP contribution in [0.15, 0.2) is 18.2 Å². The van der Waals surface area contributed by atoms with Crippen molar-refractivity contribution in [1.29, 1.82) is 0 Å². The van der Waals surface area contributed by atoms with Gasteiger partial charge in [-0.25, -0.2) is 9.18 Å². The average molecular weight is 373 g/mol. The molecule has 3 amide bonds. The zero-order chi connectivity index (χ0) is 19.0. The van der Waals surface area contributed by atoms with E-state index in [0.29, 0.717) is 0 Å². The highest BCUT2D eigenvalue weighted by Crippen LogP contribution is 2.55. The molecule has 4 fully saturated rings. The number of urea groups is 1. The van der Waals surface area contributed by atoms with Crippen LogP contribution in [0.3, 0.4) is 0 Å². The van der Waals surface area contributed by atoms with Crippen LogP contribution in [0.5, 0.6) is 0 Å². The predicted molar refractivity (Wildman–Crippen MR) is 102 cm³/mol. The van der Waals surface area contributed by atoms with E-state index in [9.17, 15) is 14.0 Å². The lowest BCUT2D eigenvalue weighted by Crippen LogP contribution is -2.61. The van der Waals surface area contributed by atoms with Gasteiger partial charge in [0, 0.05) is 18.5 Å². The van der Waals surface area contributed by atoms with Crippen LogP contribution in [0.2, 0.25) is 0 Å². The highest BCUT2D eigenvalue weighted by Gasteiger charge is 2.51. The molecule has 1 aromatic rings. The van der Waals surface area contributed by atoms with Gasteiger partial charge in [-0.2, -0.15) is 0 Å². The van der Waals surface area contributed by atoms with E-state index in [0.717, 1.165) is 42.6 Å². The summed E-state index contributed by atoms with van der Waals surface area (Å²) in [5.74, 6) is 1.55. The summed E-state index contributed by atoms with van der Waals surface area (Å²) in [6.45, 7) is 2.03. The summed E-state index contributed by atoms with van der Waals surface area (Å²) in [6, 6.07) is 4.49. The topological polar surface area (TPSA) is 70.2 Å². The number of halogens is 1. The summed E-state index contributed by atoms with van der Waals surface area (Å²) in [7, 11) is 0. The van der Waals surface area contributed by atoms with E-state index in [2.05, 4.69) is 16.0 Å². The number of aryl methyl sites for hydroxylation is 1. The molecule has 0 unspecified atom stereocenters. The van der Waals surface area contributed by atoms with Gasteiger partial charge in [0.2, 0.25) is 5.91 Å². The largest absolute Gasteiger partial charge is 0.338 e. The molecule has 146 valence electrons. The minimum absolute atomic E-state index is 0.0356.